The highest BCUT2D eigenvalue weighted by Crippen LogP contribution is 2.17. The van der Waals surface area contributed by atoms with E-state index >= 15 is 0 Å². The molecule has 0 aliphatic heterocycles. The van der Waals surface area contributed by atoms with Crippen LogP contribution in [0.2, 0.25) is 0 Å². The molecule has 0 bridgehead atoms. The van der Waals surface area contributed by atoms with E-state index in [1.165, 1.54) is 4.31 Å². The predicted molar refractivity (Wildman–Crippen MR) is 77.2 cm³/mol. The predicted octanol–water partition coefficient (Wildman–Crippen LogP) is 1.36. The molecule has 0 spiro atoms. The van der Waals surface area contributed by atoms with E-state index in [1.54, 1.807) is 49.6 Å². The molecule has 2 aromatic rings. The molecule has 5 nitrogen and oxygen atoms in total. The van der Waals surface area contributed by atoms with Crippen molar-refractivity contribution >= 4 is 10.0 Å². The molecule has 2 N–H and O–H groups in total. The molecule has 20 heavy (non-hydrogen) atoms. The van der Waals surface area contributed by atoms with Gasteiger partial charge in [-0.3, -0.25) is 4.98 Å². The summed E-state index contributed by atoms with van der Waals surface area (Å²) in [5, 5.41) is 0. The molecule has 0 atom stereocenters. The zero-order valence-corrected chi connectivity index (χ0v) is 12.0. The Morgan fingerprint density at radius 3 is 2.65 bits per heavy atom. The molecule has 0 saturated carbocycles. The number of nitrogens with two attached hydrogens (primary N) is 1. The van der Waals surface area contributed by atoms with Gasteiger partial charge in [-0.25, -0.2) is 8.42 Å². The highest BCUT2D eigenvalue weighted by Gasteiger charge is 2.21. The zero-order chi connectivity index (χ0) is 14.6. The number of rotatable bonds is 5. The fourth-order valence-corrected chi connectivity index (χ4v) is 3.03. The molecule has 0 aliphatic carbocycles. The van der Waals surface area contributed by atoms with E-state index in [9.17, 15) is 8.42 Å². The third-order valence-corrected chi connectivity index (χ3v) is 4.75. The largest absolute Gasteiger partial charge is 0.326 e. The first-order valence-electron chi connectivity index (χ1n) is 6.19. The second-order valence-electron chi connectivity index (χ2n) is 4.43. The summed E-state index contributed by atoms with van der Waals surface area (Å²) in [6.45, 7) is 0.545. The third-order valence-electron chi connectivity index (χ3n) is 2.95. The number of nitrogens with zero attached hydrogens (tertiary/aromatic N) is 2. The molecular weight excluding hydrogens is 274 g/mol. The van der Waals surface area contributed by atoms with Gasteiger partial charge in [0.2, 0.25) is 10.0 Å². The first-order valence-corrected chi connectivity index (χ1v) is 7.63. The van der Waals surface area contributed by atoms with Gasteiger partial charge in [0, 0.05) is 19.8 Å². The lowest BCUT2D eigenvalue weighted by molar-refractivity contribution is 0.462. The Bertz CT molecular complexity index is 672. The Kier molecular flexibility index (Phi) is 4.49. The molecule has 0 unspecified atom stereocenters. The lowest BCUT2D eigenvalue weighted by Gasteiger charge is -2.17. The molecule has 0 aliphatic rings. The maximum absolute atomic E-state index is 12.5. The van der Waals surface area contributed by atoms with Crippen LogP contribution in [0.4, 0.5) is 0 Å². The van der Waals surface area contributed by atoms with Crippen molar-refractivity contribution < 1.29 is 8.42 Å². The summed E-state index contributed by atoms with van der Waals surface area (Å²) in [7, 11) is -1.99. The van der Waals surface area contributed by atoms with Crippen LogP contribution in [0.5, 0.6) is 0 Å². The summed E-state index contributed by atoms with van der Waals surface area (Å²) in [6.07, 6.45) is 1.64. The molecule has 0 saturated heterocycles. The molecule has 106 valence electrons. The van der Waals surface area contributed by atoms with Crippen LogP contribution in [-0.2, 0) is 23.1 Å². The normalized spacial score (nSPS) is 11.8. The SMILES string of the molecule is CN(Cc1ccccn1)S(=O)(=O)c1cccc(CN)c1. The summed E-state index contributed by atoms with van der Waals surface area (Å²) in [5.74, 6) is 0. The van der Waals surface area contributed by atoms with Crippen molar-refractivity contribution in [3.63, 3.8) is 0 Å². The van der Waals surface area contributed by atoms with Crippen LogP contribution in [0.1, 0.15) is 11.3 Å². The molecule has 1 aromatic carbocycles. The molecule has 2 rings (SSSR count). The van der Waals surface area contributed by atoms with E-state index in [1.807, 2.05) is 6.07 Å². The van der Waals surface area contributed by atoms with Crippen LogP contribution >= 0.6 is 0 Å². The van der Waals surface area contributed by atoms with E-state index in [-0.39, 0.29) is 11.4 Å². The third kappa shape index (κ3) is 3.22. The van der Waals surface area contributed by atoms with Crippen molar-refractivity contribution in [1.82, 2.24) is 9.29 Å². The first kappa shape index (κ1) is 14.6. The van der Waals surface area contributed by atoms with E-state index in [2.05, 4.69) is 4.98 Å². The summed E-state index contributed by atoms with van der Waals surface area (Å²) in [4.78, 5) is 4.38. The molecule has 1 heterocycles. The maximum Gasteiger partial charge on any atom is 0.243 e. The van der Waals surface area contributed by atoms with Gasteiger partial charge in [-0.05, 0) is 29.8 Å². The topological polar surface area (TPSA) is 76.3 Å². The van der Waals surface area contributed by atoms with Crippen molar-refractivity contribution in [1.29, 1.82) is 0 Å². The van der Waals surface area contributed by atoms with Gasteiger partial charge in [0.25, 0.3) is 0 Å². The highest BCUT2D eigenvalue weighted by atomic mass is 32.2. The minimum Gasteiger partial charge on any atom is -0.326 e. The Hall–Kier alpha value is -1.76. The Morgan fingerprint density at radius 1 is 1.20 bits per heavy atom. The molecule has 1 aromatic heterocycles. The molecule has 0 amide bonds. The van der Waals surface area contributed by atoms with Gasteiger partial charge in [-0.1, -0.05) is 18.2 Å². The lowest BCUT2D eigenvalue weighted by Crippen LogP contribution is -2.27. The number of hydrogen-bond donors (Lipinski definition) is 1. The number of pyridine rings is 1. The van der Waals surface area contributed by atoms with Crippen LogP contribution in [0.25, 0.3) is 0 Å². The maximum atomic E-state index is 12.5. The van der Waals surface area contributed by atoms with Crippen LogP contribution in [0.3, 0.4) is 0 Å². The highest BCUT2D eigenvalue weighted by molar-refractivity contribution is 7.89. The second kappa shape index (κ2) is 6.13. The van der Waals surface area contributed by atoms with Gasteiger partial charge >= 0.3 is 0 Å². The zero-order valence-electron chi connectivity index (χ0n) is 11.2. The summed E-state index contributed by atoms with van der Waals surface area (Å²) in [5.41, 5.74) is 7.03. The van der Waals surface area contributed by atoms with Crippen LogP contribution in [0.15, 0.2) is 53.6 Å². The van der Waals surface area contributed by atoms with Gasteiger partial charge in [0.1, 0.15) is 0 Å². The Balaban J connectivity index is 2.25. The lowest BCUT2D eigenvalue weighted by atomic mass is 10.2. The minimum atomic E-state index is -3.53. The summed E-state index contributed by atoms with van der Waals surface area (Å²) < 4.78 is 26.2. The smallest absolute Gasteiger partial charge is 0.243 e. The van der Waals surface area contributed by atoms with Gasteiger partial charge < -0.3 is 5.73 Å². The Morgan fingerprint density at radius 2 is 2.00 bits per heavy atom. The summed E-state index contributed by atoms with van der Waals surface area (Å²) >= 11 is 0. The second-order valence-corrected chi connectivity index (χ2v) is 6.48. The fourth-order valence-electron chi connectivity index (χ4n) is 1.82. The van der Waals surface area contributed by atoms with Crippen molar-refractivity contribution in [2.24, 2.45) is 5.73 Å². The van der Waals surface area contributed by atoms with Gasteiger partial charge in [-0.2, -0.15) is 4.31 Å². The molecular formula is C14H17N3O2S. The number of benzene rings is 1. The van der Waals surface area contributed by atoms with E-state index in [0.29, 0.717) is 12.2 Å². The van der Waals surface area contributed by atoms with Crippen molar-refractivity contribution in [3.8, 4) is 0 Å². The number of hydrogen-bond acceptors (Lipinski definition) is 4. The van der Waals surface area contributed by atoms with Gasteiger partial charge in [0.15, 0.2) is 0 Å². The van der Waals surface area contributed by atoms with Crippen molar-refractivity contribution in [3.05, 3.63) is 59.9 Å². The quantitative estimate of drug-likeness (QED) is 0.902. The van der Waals surface area contributed by atoms with Gasteiger partial charge in [-0.15, -0.1) is 0 Å². The van der Waals surface area contributed by atoms with E-state index < -0.39 is 10.0 Å². The van der Waals surface area contributed by atoms with E-state index in [0.717, 1.165) is 5.56 Å². The van der Waals surface area contributed by atoms with Crippen molar-refractivity contribution in [2.75, 3.05) is 7.05 Å². The monoisotopic (exact) mass is 291 g/mol. The average molecular weight is 291 g/mol. The minimum absolute atomic E-state index is 0.232. The molecule has 0 radical (unpaired) electrons. The molecule has 6 heteroatoms. The molecule has 0 fully saturated rings. The first-order chi connectivity index (χ1) is 9.54. The van der Waals surface area contributed by atoms with Crippen LogP contribution < -0.4 is 5.73 Å². The Labute approximate surface area is 119 Å². The number of aromatic nitrogens is 1. The average Bonchev–Trinajstić information content (AvgIpc) is 2.48. The van der Waals surface area contributed by atoms with Crippen LogP contribution in [-0.4, -0.2) is 24.8 Å². The standard InChI is InChI=1S/C14H17N3O2S/c1-17(11-13-6-2-3-8-16-13)20(18,19)14-7-4-5-12(9-14)10-15/h2-9H,10-11,15H2,1H3. The van der Waals surface area contributed by atoms with Gasteiger partial charge in [0.05, 0.1) is 17.1 Å². The van der Waals surface area contributed by atoms with Crippen molar-refractivity contribution in [2.45, 2.75) is 18.0 Å². The number of sulfonamides is 1. The van der Waals surface area contributed by atoms with Crippen LogP contribution in [0, 0.1) is 0 Å². The fraction of sp³-hybridized carbons (Fsp3) is 0.214. The summed E-state index contributed by atoms with van der Waals surface area (Å²) in [6, 6.07) is 12.1. The van der Waals surface area contributed by atoms with E-state index in [4.69, 9.17) is 5.73 Å².